The summed E-state index contributed by atoms with van der Waals surface area (Å²) < 4.78 is 13.3. The zero-order valence-corrected chi connectivity index (χ0v) is 21.4. The molecule has 35 heavy (non-hydrogen) atoms. The molecule has 182 valence electrons. The number of rotatable bonds is 12. The lowest BCUT2D eigenvalue weighted by Crippen LogP contribution is -2.16. The molecule has 3 aromatic carbocycles. The van der Waals surface area contributed by atoms with Crippen molar-refractivity contribution in [3.8, 4) is 17.2 Å². The van der Waals surface area contributed by atoms with Crippen LogP contribution in [0.1, 0.15) is 23.1 Å². The molecule has 0 bridgehead atoms. The van der Waals surface area contributed by atoms with Crippen LogP contribution in [0, 0.1) is 6.92 Å². The first-order chi connectivity index (χ1) is 17.1. The van der Waals surface area contributed by atoms with E-state index in [9.17, 15) is 0 Å². The topological polar surface area (TPSA) is 74.1 Å². The fourth-order valence-corrected chi connectivity index (χ4v) is 4.46. The maximum Gasteiger partial charge on any atom is 0.214 e. The van der Waals surface area contributed by atoms with Gasteiger partial charge in [-0.3, -0.25) is 0 Å². The first-order valence-corrected chi connectivity index (χ1v) is 12.7. The third-order valence-corrected chi connectivity index (χ3v) is 6.69. The summed E-state index contributed by atoms with van der Waals surface area (Å²) in [5.74, 6) is 2.19. The Labute approximate surface area is 214 Å². The number of methoxy groups -OCH3 is 1. The minimum atomic E-state index is 0.454. The maximum atomic E-state index is 6.54. The van der Waals surface area contributed by atoms with Crippen LogP contribution in [0.5, 0.6) is 11.5 Å². The average molecular weight is 510 g/mol. The Bertz CT molecular complexity index is 1220. The van der Waals surface area contributed by atoms with Crippen LogP contribution in [-0.4, -0.2) is 39.6 Å². The number of hydrogen-bond donors (Lipinski definition) is 1. The van der Waals surface area contributed by atoms with Crippen LogP contribution in [0.3, 0.4) is 0 Å². The molecule has 0 aliphatic rings. The molecule has 9 heteroatoms. The number of aromatic nitrogens is 4. The largest absolute Gasteiger partial charge is 0.493 e. The molecule has 0 atom stereocenters. The lowest BCUT2D eigenvalue weighted by Gasteiger charge is -2.14. The Hall–Kier alpha value is -3.07. The van der Waals surface area contributed by atoms with E-state index in [0.29, 0.717) is 29.7 Å². The Kier molecular flexibility index (Phi) is 9.00. The molecule has 0 aliphatic carbocycles. The maximum absolute atomic E-state index is 6.54. The lowest BCUT2D eigenvalue weighted by molar-refractivity contribution is 0.284. The molecule has 0 amide bonds. The van der Waals surface area contributed by atoms with Crippen molar-refractivity contribution in [3.63, 3.8) is 0 Å². The molecule has 1 N–H and O–H groups in total. The van der Waals surface area contributed by atoms with Crippen molar-refractivity contribution in [3.05, 3.63) is 88.4 Å². The van der Waals surface area contributed by atoms with Gasteiger partial charge in [-0.1, -0.05) is 71.4 Å². The van der Waals surface area contributed by atoms with Crippen molar-refractivity contribution in [2.75, 3.05) is 19.4 Å². The number of halogens is 1. The monoisotopic (exact) mass is 509 g/mol. The number of hydrogen-bond acceptors (Lipinski definition) is 7. The molecule has 0 unspecified atom stereocenters. The van der Waals surface area contributed by atoms with Gasteiger partial charge in [0, 0.05) is 23.4 Å². The van der Waals surface area contributed by atoms with Crippen LogP contribution >= 0.6 is 23.4 Å². The minimum absolute atomic E-state index is 0.454. The smallest absolute Gasteiger partial charge is 0.214 e. The van der Waals surface area contributed by atoms with Gasteiger partial charge in [-0.15, -0.1) is 5.10 Å². The van der Waals surface area contributed by atoms with E-state index in [4.69, 9.17) is 21.1 Å². The number of ether oxygens (including phenoxy) is 2. The molecular formula is C26H28ClN5O2S. The van der Waals surface area contributed by atoms with E-state index >= 15 is 0 Å². The molecule has 1 aromatic heterocycles. The van der Waals surface area contributed by atoms with E-state index in [0.717, 1.165) is 40.7 Å². The highest BCUT2D eigenvalue weighted by molar-refractivity contribution is 7.99. The number of benzene rings is 3. The first-order valence-electron chi connectivity index (χ1n) is 11.4. The van der Waals surface area contributed by atoms with E-state index in [2.05, 4.69) is 52.0 Å². The van der Waals surface area contributed by atoms with Crippen molar-refractivity contribution in [1.29, 1.82) is 0 Å². The summed E-state index contributed by atoms with van der Waals surface area (Å²) in [5.41, 5.74) is 4.23. The third-order valence-electron chi connectivity index (χ3n) is 5.33. The van der Waals surface area contributed by atoms with Gasteiger partial charge in [0.15, 0.2) is 11.5 Å². The highest BCUT2D eigenvalue weighted by Gasteiger charge is 2.12. The van der Waals surface area contributed by atoms with Crippen LogP contribution in [0.4, 0.5) is 0 Å². The summed E-state index contributed by atoms with van der Waals surface area (Å²) >= 11 is 8.17. The third kappa shape index (κ3) is 6.97. The van der Waals surface area contributed by atoms with Crippen molar-refractivity contribution in [2.45, 2.75) is 31.7 Å². The van der Waals surface area contributed by atoms with Gasteiger partial charge in [-0.2, -0.15) is 4.68 Å². The summed E-state index contributed by atoms with van der Waals surface area (Å²) in [6.45, 7) is 4.00. The summed E-state index contributed by atoms with van der Waals surface area (Å²) in [4.78, 5) is 0. The Morgan fingerprint density at radius 3 is 2.60 bits per heavy atom. The number of nitrogens with one attached hydrogen (secondary N) is 1. The van der Waals surface area contributed by atoms with E-state index < -0.39 is 0 Å². The van der Waals surface area contributed by atoms with Crippen molar-refractivity contribution in [2.24, 2.45) is 0 Å². The normalized spacial score (nSPS) is 10.9. The van der Waals surface area contributed by atoms with Crippen LogP contribution < -0.4 is 14.8 Å². The summed E-state index contributed by atoms with van der Waals surface area (Å²) in [7, 11) is 1.64. The molecule has 0 saturated carbocycles. The zero-order chi connectivity index (χ0) is 24.5. The van der Waals surface area contributed by atoms with Gasteiger partial charge >= 0.3 is 0 Å². The Morgan fingerprint density at radius 1 is 1.03 bits per heavy atom. The second kappa shape index (κ2) is 12.6. The number of nitrogens with zero attached hydrogens (tertiary/aromatic N) is 4. The van der Waals surface area contributed by atoms with Crippen LogP contribution in [-0.2, 0) is 13.2 Å². The van der Waals surface area contributed by atoms with Gasteiger partial charge in [0.2, 0.25) is 5.16 Å². The Balaban J connectivity index is 1.24. The summed E-state index contributed by atoms with van der Waals surface area (Å²) in [5, 5.41) is 16.9. The molecule has 4 rings (SSSR count). The molecule has 0 fully saturated rings. The molecular weight excluding hydrogens is 482 g/mol. The second-order valence-electron chi connectivity index (χ2n) is 7.96. The average Bonchev–Trinajstić information content (AvgIpc) is 3.35. The molecule has 4 aromatic rings. The van der Waals surface area contributed by atoms with Gasteiger partial charge in [-0.25, -0.2) is 0 Å². The second-order valence-corrected chi connectivity index (χ2v) is 9.43. The number of aryl methyl sites for hydroxylation is 1. The molecule has 1 heterocycles. The van der Waals surface area contributed by atoms with Crippen LogP contribution in [0.25, 0.3) is 5.69 Å². The quantitative estimate of drug-likeness (QED) is 0.200. The van der Waals surface area contributed by atoms with Crippen molar-refractivity contribution in [1.82, 2.24) is 25.5 Å². The highest BCUT2D eigenvalue weighted by Crippen LogP contribution is 2.34. The van der Waals surface area contributed by atoms with Gasteiger partial charge in [-0.05, 0) is 59.6 Å². The van der Waals surface area contributed by atoms with Crippen LogP contribution in [0.15, 0.2) is 71.9 Å². The highest BCUT2D eigenvalue weighted by atomic mass is 35.5. The Morgan fingerprint density at radius 2 is 1.83 bits per heavy atom. The summed E-state index contributed by atoms with van der Waals surface area (Å²) in [6, 6.07) is 21.9. The van der Waals surface area contributed by atoms with Crippen molar-refractivity contribution >= 4 is 23.4 Å². The zero-order valence-electron chi connectivity index (χ0n) is 19.8. The predicted octanol–water partition coefficient (Wildman–Crippen LogP) is 5.48. The van der Waals surface area contributed by atoms with Gasteiger partial charge in [0.1, 0.15) is 6.61 Å². The molecule has 0 radical (unpaired) electrons. The number of para-hydroxylation sites is 1. The fraction of sp³-hybridized carbons (Fsp3) is 0.269. The van der Waals surface area contributed by atoms with E-state index in [-0.39, 0.29) is 0 Å². The lowest BCUT2D eigenvalue weighted by atomic mass is 10.1. The van der Waals surface area contributed by atoms with Crippen LogP contribution in [0.2, 0.25) is 5.02 Å². The fourth-order valence-electron chi connectivity index (χ4n) is 3.41. The minimum Gasteiger partial charge on any atom is -0.493 e. The van der Waals surface area contributed by atoms with Gasteiger partial charge in [0.25, 0.3) is 0 Å². The van der Waals surface area contributed by atoms with Crippen molar-refractivity contribution < 1.29 is 9.47 Å². The van der Waals surface area contributed by atoms with E-state index in [1.807, 2.05) is 42.5 Å². The number of thioether (sulfide) groups is 1. The molecule has 7 nitrogen and oxygen atoms in total. The SMILES string of the molecule is COc1cc(CNCCCSc2nnnn2-c2ccccc2)c(Cl)cc1OCc1ccc(C)cc1. The van der Waals surface area contributed by atoms with Gasteiger partial charge < -0.3 is 14.8 Å². The molecule has 0 spiro atoms. The van der Waals surface area contributed by atoms with E-state index in [1.165, 1.54) is 5.56 Å². The standard InChI is InChI=1S/C26H28ClN5O2S/c1-19-9-11-20(12-10-19)18-34-25-16-23(27)21(15-24(25)33-2)17-28-13-6-14-35-26-29-30-31-32(26)22-7-4-3-5-8-22/h3-5,7-12,15-16,28H,6,13-14,17-18H2,1-2H3. The molecule has 0 saturated heterocycles. The van der Waals surface area contributed by atoms with Gasteiger partial charge in [0.05, 0.1) is 12.8 Å². The first kappa shape index (κ1) is 25.0. The predicted molar refractivity (Wildman–Crippen MR) is 140 cm³/mol. The summed E-state index contributed by atoms with van der Waals surface area (Å²) in [6.07, 6.45) is 0.957. The number of tetrazole rings is 1. The molecule has 0 aliphatic heterocycles. The van der Waals surface area contributed by atoms with E-state index in [1.54, 1.807) is 23.6 Å².